The van der Waals surface area contributed by atoms with Gasteiger partial charge in [0, 0.05) is 6.20 Å². The lowest BCUT2D eigenvalue weighted by Gasteiger charge is -2.26. The van der Waals surface area contributed by atoms with Crippen LogP contribution in [0, 0.1) is 5.82 Å². The van der Waals surface area contributed by atoms with E-state index < -0.39 is 29.5 Å². The van der Waals surface area contributed by atoms with E-state index in [-0.39, 0.29) is 22.6 Å². The number of rotatable bonds is 4. The van der Waals surface area contributed by atoms with Crippen LogP contribution in [0.3, 0.4) is 0 Å². The summed E-state index contributed by atoms with van der Waals surface area (Å²) in [7, 11) is 2.33. The number of hydrogen-bond donors (Lipinski definition) is 1. The Kier molecular flexibility index (Phi) is 6.99. The molecule has 0 spiro atoms. The summed E-state index contributed by atoms with van der Waals surface area (Å²) in [6.45, 7) is 5.05. The molecule has 1 amide bonds. The van der Waals surface area contributed by atoms with Crippen LogP contribution in [0.5, 0.6) is 0 Å². The molecule has 2 rings (SSSR count). The summed E-state index contributed by atoms with van der Waals surface area (Å²) >= 11 is 0. The minimum atomic E-state index is -0.834. The number of carbonyl (C=O) groups is 3. The molecule has 0 fully saturated rings. The summed E-state index contributed by atoms with van der Waals surface area (Å²) in [6, 6.07) is 3.56. The number of nitrogens with zero attached hydrogens (tertiary/aromatic N) is 1. The second kappa shape index (κ2) is 9.25. The summed E-state index contributed by atoms with van der Waals surface area (Å²) in [5.74, 6) is -2.23. The van der Waals surface area contributed by atoms with Gasteiger partial charge in [-0.15, -0.1) is 0 Å². The summed E-state index contributed by atoms with van der Waals surface area (Å²) in [5.41, 5.74) is -0.820. The Labute approximate surface area is 173 Å². The van der Waals surface area contributed by atoms with Gasteiger partial charge in [0.15, 0.2) is 0 Å². The van der Waals surface area contributed by atoms with Gasteiger partial charge in [-0.2, -0.15) is 0 Å². The highest BCUT2D eigenvalue weighted by atomic mass is 19.1. The number of nitrogens with one attached hydrogen (secondary N) is 1. The van der Waals surface area contributed by atoms with Gasteiger partial charge in [-0.3, -0.25) is 5.32 Å². The largest absolute Gasteiger partial charge is 0.465 e. The summed E-state index contributed by atoms with van der Waals surface area (Å²) in [6.07, 6.45) is 5.12. The highest BCUT2D eigenvalue weighted by Crippen LogP contribution is 2.33. The molecular formula is C21H23FN2O6. The van der Waals surface area contributed by atoms with Crippen molar-refractivity contribution in [2.24, 2.45) is 0 Å². The lowest BCUT2D eigenvalue weighted by atomic mass is 10.1. The van der Waals surface area contributed by atoms with Gasteiger partial charge < -0.3 is 19.1 Å². The van der Waals surface area contributed by atoms with Gasteiger partial charge in [0.2, 0.25) is 0 Å². The van der Waals surface area contributed by atoms with Gasteiger partial charge in [0.05, 0.1) is 31.2 Å². The van der Waals surface area contributed by atoms with Gasteiger partial charge >= 0.3 is 18.0 Å². The fourth-order valence-electron chi connectivity index (χ4n) is 2.58. The molecule has 0 bridgehead atoms. The molecule has 1 aromatic rings. The first-order valence-corrected chi connectivity index (χ1v) is 8.92. The number of hydrogen-bond acceptors (Lipinski definition) is 7. The smallest absolute Gasteiger partial charge is 0.412 e. The van der Waals surface area contributed by atoms with Gasteiger partial charge in [-0.05, 0) is 51.1 Å². The molecule has 1 aliphatic rings. The van der Waals surface area contributed by atoms with Crippen LogP contribution < -0.4 is 10.2 Å². The van der Waals surface area contributed by atoms with Crippen LogP contribution in [0.25, 0.3) is 0 Å². The Balaban J connectivity index is 2.61. The monoisotopic (exact) mass is 418 g/mol. The number of amides is 1. The maximum absolute atomic E-state index is 13.9. The number of esters is 2. The number of halogens is 1. The lowest BCUT2D eigenvalue weighted by molar-refractivity contribution is -0.139. The molecule has 30 heavy (non-hydrogen) atoms. The second-order valence-electron chi connectivity index (χ2n) is 7.10. The van der Waals surface area contributed by atoms with Crippen molar-refractivity contribution in [2.75, 3.05) is 24.4 Å². The summed E-state index contributed by atoms with van der Waals surface area (Å²) < 4.78 is 28.8. The van der Waals surface area contributed by atoms with Gasteiger partial charge in [-0.1, -0.05) is 6.08 Å². The third-order valence-electron chi connectivity index (χ3n) is 3.74. The molecule has 0 saturated carbocycles. The molecule has 0 unspecified atom stereocenters. The highest BCUT2D eigenvalue weighted by molar-refractivity contribution is 6.06. The predicted octanol–water partition coefficient (Wildman–Crippen LogP) is 3.66. The number of allylic oxidation sites excluding steroid dienone is 2. The molecule has 1 heterocycles. The molecule has 8 nitrogen and oxygen atoms in total. The second-order valence-corrected chi connectivity index (χ2v) is 7.10. The average Bonchev–Trinajstić information content (AvgIpc) is 2.88. The van der Waals surface area contributed by atoms with Crippen LogP contribution in [0.2, 0.25) is 0 Å². The lowest BCUT2D eigenvalue weighted by Crippen LogP contribution is -2.30. The van der Waals surface area contributed by atoms with Crippen molar-refractivity contribution in [3.63, 3.8) is 0 Å². The van der Waals surface area contributed by atoms with Crippen LogP contribution in [-0.4, -0.2) is 37.9 Å². The van der Waals surface area contributed by atoms with E-state index in [0.29, 0.717) is 0 Å². The molecule has 160 valence electrons. The zero-order chi connectivity index (χ0) is 22.5. The number of anilines is 2. The Bertz CT molecular complexity index is 943. The molecule has 1 aliphatic heterocycles. The maximum atomic E-state index is 13.9. The van der Waals surface area contributed by atoms with Crippen molar-refractivity contribution < 1.29 is 33.0 Å². The van der Waals surface area contributed by atoms with E-state index in [4.69, 9.17) is 14.2 Å². The van der Waals surface area contributed by atoms with E-state index in [2.05, 4.69) is 5.32 Å². The molecule has 1 aromatic carbocycles. The van der Waals surface area contributed by atoms with Crippen molar-refractivity contribution in [1.29, 1.82) is 0 Å². The SMILES string of the molecule is COC(=O)C1=C(C(=O)OC)N(c2ccc(F)cc2NC(=O)OC(C)(C)C)C=CC=C1. The van der Waals surface area contributed by atoms with Crippen LogP contribution in [-0.2, 0) is 23.8 Å². The fourth-order valence-corrected chi connectivity index (χ4v) is 2.58. The molecule has 9 heteroatoms. The normalized spacial score (nSPS) is 13.6. The molecule has 1 N–H and O–H groups in total. The van der Waals surface area contributed by atoms with Gasteiger partial charge in [-0.25, -0.2) is 18.8 Å². The van der Waals surface area contributed by atoms with Crippen molar-refractivity contribution in [3.05, 3.63) is 59.7 Å². The summed E-state index contributed by atoms with van der Waals surface area (Å²) in [4.78, 5) is 38.3. The zero-order valence-corrected chi connectivity index (χ0v) is 17.3. The number of methoxy groups -OCH3 is 2. The van der Waals surface area contributed by atoms with E-state index in [9.17, 15) is 18.8 Å². The van der Waals surface area contributed by atoms with E-state index in [1.165, 1.54) is 36.4 Å². The molecule has 0 aliphatic carbocycles. The Morgan fingerprint density at radius 2 is 1.70 bits per heavy atom. The average molecular weight is 418 g/mol. The minimum absolute atomic E-state index is 0.0152. The van der Waals surface area contributed by atoms with Crippen molar-refractivity contribution >= 4 is 29.4 Å². The predicted molar refractivity (Wildman–Crippen MR) is 108 cm³/mol. The summed E-state index contributed by atoms with van der Waals surface area (Å²) in [5, 5.41) is 2.47. The fraction of sp³-hybridized carbons (Fsp3) is 0.286. The van der Waals surface area contributed by atoms with E-state index >= 15 is 0 Å². The molecule has 0 atom stereocenters. The Hall–Kier alpha value is -3.62. The first-order valence-electron chi connectivity index (χ1n) is 8.92. The third-order valence-corrected chi connectivity index (χ3v) is 3.74. The van der Waals surface area contributed by atoms with Crippen LogP contribution in [0.15, 0.2) is 53.9 Å². The van der Waals surface area contributed by atoms with E-state index in [0.717, 1.165) is 19.2 Å². The van der Waals surface area contributed by atoms with Crippen LogP contribution in [0.4, 0.5) is 20.6 Å². The Morgan fingerprint density at radius 3 is 2.30 bits per heavy atom. The van der Waals surface area contributed by atoms with Crippen LogP contribution in [0.1, 0.15) is 20.8 Å². The standard InChI is InChI=1S/C21H23FN2O6/c1-21(2,3)30-20(27)23-15-12-13(22)9-10-16(15)24-11-7-6-8-14(18(25)28-4)17(24)19(26)29-5/h6-12H,1-5H3,(H,23,27). The maximum Gasteiger partial charge on any atom is 0.412 e. The highest BCUT2D eigenvalue weighted by Gasteiger charge is 2.29. The molecular weight excluding hydrogens is 395 g/mol. The molecule has 0 saturated heterocycles. The van der Waals surface area contributed by atoms with Crippen molar-refractivity contribution in [1.82, 2.24) is 0 Å². The molecule has 0 radical (unpaired) electrons. The van der Waals surface area contributed by atoms with Crippen molar-refractivity contribution in [3.8, 4) is 0 Å². The first kappa shape index (κ1) is 22.7. The van der Waals surface area contributed by atoms with Crippen LogP contribution >= 0.6 is 0 Å². The first-order chi connectivity index (χ1) is 14.1. The third kappa shape index (κ3) is 5.47. The quantitative estimate of drug-likeness (QED) is 0.589. The molecule has 0 aromatic heterocycles. The zero-order valence-electron chi connectivity index (χ0n) is 17.3. The van der Waals surface area contributed by atoms with Gasteiger partial charge in [0.1, 0.15) is 17.1 Å². The van der Waals surface area contributed by atoms with Crippen molar-refractivity contribution in [2.45, 2.75) is 26.4 Å². The number of carbonyl (C=O) groups excluding carboxylic acids is 3. The van der Waals surface area contributed by atoms with E-state index in [1.807, 2.05) is 0 Å². The van der Waals surface area contributed by atoms with E-state index in [1.54, 1.807) is 26.8 Å². The number of ether oxygens (including phenoxy) is 3. The Morgan fingerprint density at radius 1 is 1.03 bits per heavy atom. The minimum Gasteiger partial charge on any atom is -0.465 e. The van der Waals surface area contributed by atoms with Gasteiger partial charge in [0.25, 0.3) is 0 Å². The number of benzene rings is 1. The topological polar surface area (TPSA) is 94.2 Å².